The number of likely N-dealkylation sites (tertiary alicyclic amines) is 1. The summed E-state index contributed by atoms with van der Waals surface area (Å²) < 4.78 is 36.2. The molecule has 3 heterocycles. The summed E-state index contributed by atoms with van der Waals surface area (Å²) in [6, 6.07) is 11.4. The average Bonchev–Trinajstić information content (AvgIpc) is 3.67. The number of rotatable bonds is 19. The molecule has 4 N–H and O–H groups in total. The number of carbonyl (C=O) groups is 4. The molecule has 2 aromatic carbocycles. The molecule has 14 heteroatoms. The van der Waals surface area contributed by atoms with E-state index in [1.54, 1.807) is 19.1 Å². The number of anilines is 1. The minimum Gasteiger partial charge on any atom is -0.369 e. The second-order valence-corrected chi connectivity index (χ2v) is 19.4. The molecule has 0 spiro atoms. The molecule has 0 aliphatic carbocycles. The average molecular weight is 859 g/mol. The van der Waals surface area contributed by atoms with Gasteiger partial charge in [0.25, 0.3) is 10.1 Å². The lowest BCUT2D eigenvalue weighted by Crippen LogP contribution is -2.39. The van der Waals surface area contributed by atoms with Crippen LogP contribution in [0.25, 0.3) is 0 Å². The van der Waals surface area contributed by atoms with E-state index in [1.165, 1.54) is 45.2 Å². The van der Waals surface area contributed by atoms with Gasteiger partial charge in [-0.05, 0) is 70.4 Å². The van der Waals surface area contributed by atoms with Crippen LogP contribution in [-0.2, 0) is 40.1 Å². The molecule has 0 aromatic heterocycles. The van der Waals surface area contributed by atoms with Gasteiger partial charge < -0.3 is 16.0 Å². The number of amides is 4. The van der Waals surface area contributed by atoms with Gasteiger partial charge >= 0.3 is 0 Å². The first-order valence-corrected chi connectivity index (χ1v) is 23.2. The number of carbonyl (C=O) groups excluding carboxylic acids is 4. The Morgan fingerprint density at radius 2 is 1.70 bits per heavy atom. The summed E-state index contributed by atoms with van der Waals surface area (Å²) in [6.07, 6.45) is 16.7. The quantitative estimate of drug-likeness (QED) is 0.0461. The predicted molar refractivity (Wildman–Crippen MR) is 239 cm³/mol. The van der Waals surface area contributed by atoms with E-state index < -0.39 is 32.6 Å². The van der Waals surface area contributed by atoms with E-state index in [-0.39, 0.29) is 54.0 Å². The van der Waals surface area contributed by atoms with Crippen molar-refractivity contribution >= 4 is 62.6 Å². The highest BCUT2D eigenvalue weighted by Crippen LogP contribution is 2.48. The maximum atomic E-state index is 12.8. The van der Waals surface area contributed by atoms with Crippen molar-refractivity contribution in [3.05, 3.63) is 101 Å². The van der Waals surface area contributed by atoms with Crippen LogP contribution >= 0.6 is 11.8 Å². The zero-order valence-electron chi connectivity index (χ0n) is 35.9. The highest BCUT2D eigenvalue weighted by atomic mass is 32.2. The van der Waals surface area contributed by atoms with Crippen LogP contribution in [-0.4, -0.2) is 89.0 Å². The fourth-order valence-electron chi connectivity index (χ4n) is 8.16. The Bertz CT molecular complexity index is 2270. The Morgan fingerprint density at radius 1 is 0.983 bits per heavy atom. The number of hydrogen-bond donors (Lipinski definition) is 3. The van der Waals surface area contributed by atoms with Crippen LogP contribution in [0.2, 0.25) is 0 Å². The number of nitrogens with zero attached hydrogens (tertiary/aromatic N) is 3. The number of nitrogens with one attached hydrogen (secondary N) is 1. The molecular formula is C46H60N5O7S2+. The van der Waals surface area contributed by atoms with E-state index in [0.29, 0.717) is 18.7 Å². The third-order valence-electron chi connectivity index (χ3n) is 11.7. The smallest absolute Gasteiger partial charge is 0.294 e. The summed E-state index contributed by atoms with van der Waals surface area (Å²) in [4.78, 5) is 52.6. The van der Waals surface area contributed by atoms with Gasteiger partial charge in [0.1, 0.15) is 6.54 Å². The molecule has 4 amide bonds. The lowest BCUT2D eigenvalue weighted by Gasteiger charge is -2.25. The standard InChI is InChI=1S/C46H59N5O7S2/c1-8-49-36-22-20-31(2)27-34(36)45(4,5)39(49)17-13-10-9-11-14-18-40-46(6,7)35-28-33(60(56,57)58)21-23-37(35)50(40)25-16-12-15-19-41(52)48-24-26-51-42(53)29-38(44(51)55)59-30-32(3)43(47)54/h9-11,13-14,17-18,20-23,27-28,32,38H,8,12,15-16,19,24-26,29-30H2,1-7H3,(H3-,47,48,52,54,56,57,58)/p+1/t32-,38?/m1/s1. The highest BCUT2D eigenvalue weighted by Gasteiger charge is 2.45. The molecule has 1 saturated heterocycles. The Labute approximate surface area is 359 Å². The topological polar surface area (TPSA) is 170 Å². The van der Waals surface area contributed by atoms with Crippen LogP contribution in [0.15, 0.2) is 89.5 Å². The second kappa shape index (κ2) is 19.3. The monoisotopic (exact) mass is 858 g/mol. The normalized spacial score (nSPS) is 19.7. The van der Waals surface area contributed by atoms with Gasteiger partial charge in [0, 0.05) is 85.1 Å². The van der Waals surface area contributed by atoms with Crippen LogP contribution < -0.4 is 16.0 Å². The molecule has 60 heavy (non-hydrogen) atoms. The summed E-state index contributed by atoms with van der Waals surface area (Å²) >= 11 is 1.26. The number of benzene rings is 2. The number of unbranched alkanes of at least 4 members (excludes halogenated alkanes) is 2. The second-order valence-electron chi connectivity index (χ2n) is 16.8. The Balaban J connectivity index is 1.18. The van der Waals surface area contributed by atoms with Crippen LogP contribution in [0.5, 0.6) is 0 Å². The summed E-state index contributed by atoms with van der Waals surface area (Å²) in [5.74, 6) is -1.26. The molecule has 1 fully saturated rings. The summed E-state index contributed by atoms with van der Waals surface area (Å²) in [6.45, 7) is 16.3. The number of allylic oxidation sites excluding steroid dienone is 8. The fraction of sp³-hybridized carbons (Fsp3) is 0.457. The molecule has 12 nitrogen and oxygen atoms in total. The lowest BCUT2D eigenvalue weighted by atomic mass is 9.81. The first-order chi connectivity index (χ1) is 28.3. The van der Waals surface area contributed by atoms with E-state index in [4.69, 9.17) is 5.73 Å². The van der Waals surface area contributed by atoms with E-state index in [2.05, 4.69) is 72.8 Å². The van der Waals surface area contributed by atoms with Crippen molar-refractivity contribution in [2.75, 3.05) is 36.8 Å². The van der Waals surface area contributed by atoms with Crippen LogP contribution in [0.1, 0.15) is 90.3 Å². The number of thioether (sulfide) groups is 1. The Morgan fingerprint density at radius 3 is 2.40 bits per heavy atom. The van der Waals surface area contributed by atoms with Gasteiger partial charge in [-0.2, -0.15) is 13.0 Å². The fourth-order valence-corrected chi connectivity index (χ4v) is 9.88. The van der Waals surface area contributed by atoms with Gasteiger partial charge in [-0.3, -0.25) is 28.6 Å². The number of imide groups is 1. The Kier molecular flexibility index (Phi) is 14.9. The number of primary amides is 1. The minimum atomic E-state index is -4.40. The van der Waals surface area contributed by atoms with Crippen molar-refractivity contribution in [1.29, 1.82) is 0 Å². The first-order valence-electron chi connectivity index (χ1n) is 20.7. The SMILES string of the molecule is CCN1C(=CC=CC=CC=CC2=[N+](CCCCCC(=O)NCCN3C(=O)CC(SC[C@@H](C)C(N)=O)C3=O)c3ccc(S(=O)(=O)O)cc3C2(C)C)C(C)(C)c2cc(C)ccc21. The molecule has 2 aromatic rings. The van der Waals surface area contributed by atoms with Gasteiger partial charge in [-0.15, -0.1) is 11.8 Å². The lowest BCUT2D eigenvalue weighted by molar-refractivity contribution is -0.438. The van der Waals surface area contributed by atoms with Crippen molar-refractivity contribution in [3.63, 3.8) is 0 Å². The number of fused-ring (bicyclic) bond motifs is 2. The van der Waals surface area contributed by atoms with Gasteiger partial charge in [-0.25, -0.2) is 0 Å². The third-order valence-corrected chi connectivity index (χ3v) is 14.0. The maximum Gasteiger partial charge on any atom is 0.294 e. The number of likely N-dealkylation sites (N-methyl/N-ethyl adjacent to an activating group) is 1. The van der Waals surface area contributed by atoms with E-state index in [1.807, 2.05) is 44.2 Å². The molecule has 5 rings (SSSR count). The summed E-state index contributed by atoms with van der Waals surface area (Å²) in [5, 5.41) is 2.27. The molecule has 1 unspecified atom stereocenters. The van der Waals surface area contributed by atoms with Gasteiger partial charge in [0.2, 0.25) is 29.3 Å². The van der Waals surface area contributed by atoms with E-state index in [0.717, 1.165) is 36.3 Å². The molecule has 0 radical (unpaired) electrons. The van der Waals surface area contributed by atoms with Gasteiger partial charge in [0.05, 0.1) is 15.6 Å². The third kappa shape index (κ3) is 10.4. The molecular weight excluding hydrogens is 799 g/mol. The molecule has 0 bridgehead atoms. The first kappa shape index (κ1) is 46.3. The van der Waals surface area contributed by atoms with Gasteiger partial charge in [0.15, 0.2) is 5.71 Å². The molecule has 3 aliphatic heterocycles. The van der Waals surface area contributed by atoms with E-state index >= 15 is 0 Å². The molecule has 3 aliphatic rings. The molecule has 0 saturated carbocycles. The minimum absolute atomic E-state index is 0.0673. The highest BCUT2D eigenvalue weighted by molar-refractivity contribution is 8.00. The summed E-state index contributed by atoms with van der Waals surface area (Å²) in [5.41, 5.74) is 12.4. The summed E-state index contributed by atoms with van der Waals surface area (Å²) in [7, 11) is -4.40. The van der Waals surface area contributed by atoms with E-state index in [9.17, 15) is 32.1 Å². The molecule has 2 atom stereocenters. The van der Waals surface area contributed by atoms with Crippen molar-refractivity contribution in [2.24, 2.45) is 11.7 Å². The van der Waals surface area contributed by atoms with Crippen LogP contribution in [0.4, 0.5) is 11.4 Å². The van der Waals surface area contributed by atoms with Crippen LogP contribution in [0, 0.1) is 12.8 Å². The van der Waals surface area contributed by atoms with Gasteiger partial charge in [-0.1, -0.05) is 68.8 Å². The predicted octanol–water partition coefficient (Wildman–Crippen LogP) is 6.65. The molecule has 322 valence electrons. The van der Waals surface area contributed by atoms with Crippen LogP contribution in [0.3, 0.4) is 0 Å². The zero-order valence-corrected chi connectivity index (χ0v) is 37.5. The zero-order chi connectivity index (χ0) is 44.0. The van der Waals surface area contributed by atoms with Crippen molar-refractivity contribution in [2.45, 2.75) is 102 Å². The number of hydrogen-bond acceptors (Lipinski definition) is 8. The maximum absolute atomic E-state index is 12.8. The van der Waals surface area contributed by atoms with Crippen molar-refractivity contribution in [3.8, 4) is 0 Å². The van der Waals surface area contributed by atoms with Crippen molar-refractivity contribution < 1.29 is 36.7 Å². The number of aryl methyl sites for hydroxylation is 1. The van der Waals surface area contributed by atoms with Crippen molar-refractivity contribution in [1.82, 2.24) is 10.2 Å². The Hall–Kier alpha value is -4.79. The number of nitrogens with two attached hydrogens (primary N) is 1. The largest absolute Gasteiger partial charge is 0.369 e.